The van der Waals surface area contributed by atoms with Crippen LogP contribution >= 0.6 is 0 Å². The van der Waals surface area contributed by atoms with Crippen molar-refractivity contribution >= 4 is 39.7 Å². The van der Waals surface area contributed by atoms with Gasteiger partial charge in [0.1, 0.15) is 12.1 Å². The SMILES string of the molecule is CC(=O)OCC(C)(C)CC(=O)NC(=N)N1CCC(CNC(=O)[C@@H]2CCCN2C(=O)[C@@H](Cc2ccccc2)NS(C)(=O)=O)CC1. The number of carbonyl (C=O) groups excluding carboxylic acids is 4. The van der Waals surface area contributed by atoms with Crippen molar-refractivity contribution in [2.75, 3.05) is 39.0 Å². The Balaban J connectivity index is 1.47. The molecule has 2 heterocycles. The predicted molar refractivity (Wildman–Crippen MR) is 165 cm³/mol. The molecule has 3 rings (SSSR count). The summed E-state index contributed by atoms with van der Waals surface area (Å²) >= 11 is 0. The normalized spacial score (nSPS) is 18.4. The fourth-order valence-corrected chi connectivity index (χ4v) is 6.25. The molecule has 0 radical (unpaired) electrons. The molecule has 44 heavy (non-hydrogen) atoms. The number of hydrogen-bond acceptors (Lipinski definition) is 8. The second kappa shape index (κ2) is 15.5. The highest BCUT2D eigenvalue weighted by Crippen LogP contribution is 2.23. The Hall–Kier alpha value is -3.52. The summed E-state index contributed by atoms with van der Waals surface area (Å²) in [5.74, 6) is -1.21. The van der Waals surface area contributed by atoms with E-state index in [9.17, 15) is 27.6 Å². The number of esters is 1. The average Bonchev–Trinajstić information content (AvgIpc) is 3.44. The van der Waals surface area contributed by atoms with E-state index in [0.717, 1.165) is 11.8 Å². The molecule has 13 nitrogen and oxygen atoms in total. The molecule has 0 aromatic heterocycles. The van der Waals surface area contributed by atoms with Gasteiger partial charge in [-0.2, -0.15) is 0 Å². The average molecular weight is 635 g/mol. The Morgan fingerprint density at radius 1 is 1.07 bits per heavy atom. The van der Waals surface area contributed by atoms with Gasteiger partial charge in [0.05, 0.1) is 12.9 Å². The maximum atomic E-state index is 13.5. The summed E-state index contributed by atoms with van der Waals surface area (Å²) in [6, 6.07) is 7.46. The lowest BCUT2D eigenvalue weighted by molar-refractivity contribution is -0.145. The Bertz CT molecular complexity index is 1300. The number of guanidine groups is 1. The highest BCUT2D eigenvalue weighted by molar-refractivity contribution is 7.88. The first-order chi connectivity index (χ1) is 20.6. The number of likely N-dealkylation sites (tertiary alicyclic amines) is 2. The van der Waals surface area contributed by atoms with Crippen molar-refractivity contribution in [2.45, 2.75) is 71.4 Å². The minimum absolute atomic E-state index is 0.0219. The minimum Gasteiger partial charge on any atom is -0.465 e. The molecule has 1 aromatic carbocycles. The monoisotopic (exact) mass is 634 g/mol. The number of benzene rings is 1. The zero-order chi connectivity index (χ0) is 32.5. The van der Waals surface area contributed by atoms with Crippen LogP contribution < -0.4 is 15.4 Å². The third-order valence-corrected chi connectivity index (χ3v) is 8.55. The lowest BCUT2D eigenvalue weighted by Gasteiger charge is -2.34. The van der Waals surface area contributed by atoms with Crippen LogP contribution in [0.25, 0.3) is 0 Å². The van der Waals surface area contributed by atoms with Crippen molar-refractivity contribution in [1.29, 1.82) is 5.41 Å². The lowest BCUT2D eigenvalue weighted by Crippen LogP contribution is -2.54. The molecular formula is C30H46N6O7S. The predicted octanol–water partition coefficient (Wildman–Crippen LogP) is 0.996. The Kier molecular flexibility index (Phi) is 12.3. The van der Waals surface area contributed by atoms with E-state index in [4.69, 9.17) is 10.1 Å². The van der Waals surface area contributed by atoms with Gasteiger partial charge >= 0.3 is 5.97 Å². The van der Waals surface area contributed by atoms with Crippen LogP contribution in [0.4, 0.5) is 0 Å². The van der Waals surface area contributed by atoms with Gasteiger partial charge in [0, 0.05) is 44.9 Å². The lowest BCUT2D eigenvalue weighted by atomic mass is 9.90. The van der Waals surface area contributed by atoms with Crippen LogP contribution in [-0.2, 0) is 40.4 Å². The van der Waals surface area contributed by atoms with Gasteiger partial charge in [0.25, 0.3) is 0 Å². The highest BCUT2D eigenvalue weighted by atomic mass is 32.2. The number of rotatable bonds is 12. The summed E-state index contributed by atoms with van der Waals surface area (Å²) in [4.78, 5) is 53.5. The molecule has 1 aromatic rings. The van der Waals surface area contributed by atoms with E-state index in [2.05, 4.69) is 15.4 Å². The molecule has 0 unspecified atom stereocenters. The van der Waals surface area contributed by atoms with Gasteiger partial charge in [0.15, 0.2) is 5.96 Å². The molecule has 0 bridgehead atoms. The molecule has 2 atom stereocenters. The number of nitrogens with zero attached hydrogens (tertiary/aromatic N) is 2. The summed E-state index contributed by atoms with van der Waals surface area (Å²) in [6.45, 7) is 6.94. The molecule has 3 amide bonds. The van der Waals surface area contributed by atoms with Crippen molar-refractivity contribution in [1.82, 2.24) is 25.2 Å². The van der Waals surface area contributed by atoms with Crippen LogP contribution in [0.1, 0.15) is 58.4 Å². The fourth-order valence-electron chi connectivity index (χ4n) is 5.55. The molecule has 0 saturated carbocycles. The van der Waals surface area contributed by atoms with Crippen LogP contribution in [-0.4, -0.2) is 99.0 Å². The summed E-state index contributed by atoms with van der Waals surface area (Å²) in [5, 5.41) is 13.9. The van der Waals surface area contributed by atoms with E-state index in [-0.39, 0.29) is 43.1 Å². The minimum atomic E-state index is -3.67. The maximum absolute atomic E-state index is 13.5. The summed E-state index contributed by atoms with van der Waals surface area (Å²) in [7, 11) is -3.67. The zero-order valence-electron chi connectivity index (χ0n) is 26.1. The van der Waals surface area contributed by atoms with Crippen molar-refractivity contribution < 1.29 is 32.3 Å². The molecule has 2 saturated heterocycles. The summed E-state index contributed by atoms with van der Waals surface area (Å²) < 4.78 is 31.6. The summed E-state index contributed by atoms with van der Waals surface area (Å²) in [6.07, 6.45) is 3.86. The number of ether oxygens (including phenoxy) is 1. The van der Waals surface area contributed by atoms with Gasteiger partial charge in [-0.3, -0.25) is 29.9 Å². The summed E-state index contributed by atoms with van der Waals surface area (Å²) in [5.41, 5.74) is 0.248. The van der Waals surface area contributed by atoms with Crippen LogP contribution in [0.2, 0.25) is 0 Å². The number of sulfonamides is 1. The first-order valence-corrected chi connectivity index (χ1v) is 16.9. The van der Waals surface area contributed by atoms with E-state index >= 15 is 0 Å². The van der Waals surface area contributed by atoms with E-state index in [1.54, 1.807) is 4.90 Å². The van der Waals surface area contributed by atoms with E-state index < -0.39 is 39.4 Å². The van der Waals surface area contributed by atoms with Gasteiger partial charge in [-0.15, -0.1) is 0 Å². The third kappa shape index (κ3) is 11.2. The first kappa shape index (κ1) is 35.0. The molecule has 0 spiro atoms. The van der Waals surface area contributed by atoms with Crippen LogP contribution in [0.15, 0.2) is 30.3 Å². The van der Waals surface area contributed by atoms with Crippen molar-refractivity contribution in [3.05, 3.63) is 35.9 Å². The maximum Gasteiger partial charge on any atom is 0.302 e. The Morgan fingerprint density at radius 3 is 2.34 bits per heavy atom. The topological polar surface area (TPSA) is 178 Å². The smallest absolute Gasteiger partial charge is 0.302 e. The second-order valence-electron chi connectivity index (χ2n) is 12.5. The van der Waals surface area contributed by atoms with E-state index in [0.29, 0.717) is 51.9 Å². The second-order valence-corrected chi connectivity index (χ2v) is 14.3. The first-order valence-electron chi connectivity index (χ1n) is 15.0. The van der Waals surface area contributed by atoms with Crippen molar-refractivity contribution in [3.63, 3.8) is 0 Å². The van der Waals surface area contributed by atoms with Gasteiger partial charge < -0.3 is 19.9 Å². The molecule has 2 aliphatic rings. The Morgan fingerprint density at radius 2 is 1.73 bits per heavy atom. The number of amides is 3. The molecule has 0 aliphatic carbocycles. The number of piperidine rings is 1. The van der Waals surface area contributed by atoms with Crippen molar-refractivity contribution in [3.8, 4) is 0 Å². The van der Waals surface area contributed by atoms with Gasteiger partial charge in [0.2, 0.25) is 27.7 Å². The molecule has 4 N–H and O–H groups in total. The molecule has 2 aliphatic heterocycles. The third-order valence-electron chi connectivity index (χ3n) is 7.83. The van der Waals surface area contributed by atoms with Crippen LogP contribution in [0.5, 0.6) is 0 Å². The molecular weight excluding hydrogens is 588 g/mol. The molecule has 2 fully saturated rings. The largest absolute Gasteiger partial charge is 0.465 e. The van der Waals surface area contributed by atoms with Crippen LogP contribution in [0, 0.1) is 16.7 Å². The quantitative estimate of drug-likeness (QED) is 0.149. The Labute approximate surface area is 260 Å². The molecule has 244 valence electrons. The van der Waals surface area contributed by atoms with Crippen LogP contribution in [0.3, 0.4) is 0 Å². The fraction of sp³-hybridized carbons (Fsp3) is 0.633. The van der Waals surface area contributed by atoms with Crippen molar-refractivity contribution in [2.24, 2.45) is 11.3 Å². The van der Waals surface area contributed by atoms with Gasteiger partial charge in [-0.25, -0.2) is 13.1 Å². The highest BCUT2D eigenvalue weighted by Gasteiger charge is 2.38. The zero-order valence-corrected chi connectivity index (χ0v) is 26.9. The molecule has 14 heteroatoms. The van der Waals surface area contributed by atoms with Gasteiger partial charge in [-0.1, -0.05) is 44.2 Å². The van der Waals surface area contributed by atoms with E-state index in [1.165, 1.54) is 11.8 Å². The number of hydrogen-bond donors (Lipinski definition) is 4. The van der Waals surface area contributed by atoms with E-state index in [1.807, 2.05) is 44.2 Å². The number of carbonyl (C=O) groups is 4. The standard InChI is InChI=1S/C30H46N6O7S/c1-21(37)43-20-30(2,3)18-26(38)33-29(31)35-15-12-23(13-16-35)19-32-27(39)25-11-8-14-36(25)28(40)24(34-44(4,41)42)17-22-9-6-5-7-10-22/h5-7,9-10,23-25,34H,8,11-20H2,1-4H3,(H,32,39)(H2,31,33,38)/t24-,25+/m1/s1. The number of nitrogens with one attached hydrogen (secondary N) is 4. The van der Waals surface area contributed by atoms with Gasteiger partial charge in [-0.05, 0) is 43.6 Å².